The van der Waals surface area contributed by atoms with Gasteiger partial charge in [-0.1, -0.05) is 84.9 Å². The Balaban J connectivity index is 1.30. The largest absolute Gasteiger partial charge is 0.344 e. The van der Waals surface area contributed by atoms with Crippen LogP contribution >= 0.6 is 0 Å². The smallest absolute Gasteiger partial charge is 0.322 e. The van der Waals surface area contributed by atoms with Crippen LogP contribution in [0.4, 0.5) is 16.2 Å². The van der Waals surface area contributed by atoms with Gasteiger partial charge in [-0.05, 0) is 47.2 Å². The van der Waals surface area contributed by atoms with Gasteiger partial charge >= 0.3 is 6.03 Å². The van der Waals surface area contributed by atoms with E-state index in [1.54, 1.807) is 6.07 Å². The number of nitro benzene ring substituents is 1. The van der Waals surface area contributed by atoms with Crippen LogP contribution in [0.3, 0.4) is 0 Å². The molecule has 10 heteroatoms. The summed E-state index contributed by atoms with van der Waals surface area (Å²) in [6.07, 6.45) is 1.29. The van der Waals surface area contributed by atoms with Gasteiger partial charge in [0.2, 0.25) is 5.91 Å². The molecule has 43 heavy (non-hydrogen) atoms. The highest BCUT2D eigenvalue weighted by Crippen LogP contribution is 2.26. The first-order chi connectivity index (χ1) is 20.9. The van der Waals surface area contributed by atoms with Crippen LogP contribution in [0.2, 0.25) is 0 Å². The molecule has 1 saturated heterocycles. The lowest BCUT2D eigenvalue weighted by Crippen LogP contribution is -2.53. The van der Waals surface area contributed by atoms with E-state index in [9.17, 15) is 24.5 Å². The second-order valence-electron chi connectivity index (χ2n) is 10.6. The van der Waals surface area contributed by atoms with Crippen molar-refractivity contribution < 1.29 is 19.3 Å². The lowest BCUT2D eigenvalue weighted by molar-refractivity contribution is -0.383. The van der Waals surface area contributed by atoms with Gasteiger partial charge in [0.25, 0.3) is 5.69 Å². The molecule has 220 valence electrons. The fraction of sp³-hybridized carbons (Fsp3) is 0.242. The van der Waals surface area contributed by atoms with Gasteiger partial charge in [-0.2, -0.15) is 0 Å². The molecule has 0 aromatic heterocycles. The summed E-state index contributed by atoms with van der Waals surface area (Å²) in [6.45, 7) is 0.873. The number of amides is 3. The van der Waals surface area contributed by atoms with Gasteiger partial charge in [0.05, 0.1) is 17.5 Å². The van der Waals surface area contributed by atoms with Gasteiger partial charge in [-0.3, -0.25) is 19.7 Å². The third-order valence-corrected chi connectivity index (χ3v) is 7.59. The third kappa shape index (κ3) is 7.41. The van der Waals surface area contributed by atoms with Gasteiger partial charge in [0.15, 0.2) is 5.78 Å². The van der Waals surface area contributed by atoms with E-state index >= 15 is 0 Å². The zero-order valence-corrected chi connectivity index (χ0v) is 23.6. The predicted octanol–water partition coefficient (Wildman–Crippen LogP) is 4.83. The minimum atomic E-state index is -0.822. The van der Waals surface area contributed by atoms with E-state index in [4.69, 9.17) is 0 Å². The molecule has 5 rings (SSSR count). The van der Waals surface area contributed by atoms with Gasteiger partial charge in [-0.15, -0.1) is 0 Å². The van der Waals surface area contributed by atoms with E-state index in [1.165, 1.54) is 23.1 Å². The standard InChI is InChI=1S/C33H33N5O5/c39-31(22-34-21-23-9-2-1-3-10-23)28(20-24-16-17-25-11-4-5-12-26(25)19-24)35-32(40)30-15-8-18-37(30)33(41)36-27-13-6-7-14-29(27)38(42)43/h1-7,9-14,16-17,19,28,30,34H,8,15,18,20-22H2,(H,35,40)(H,36,41)/t28-,30-/m0/s1. The Hall–Kier alpha value is -5.09. The van der Waals surface area contributed by atoms with Crippen molar-refractivity contribution in [3.05, 3.63) is 118 Å². The fourth-order valence-corrected chi connectivity index (χ4v) is 5.37. The van der Waals surface area contributed by atoms with E-state index < -0.39 is 28.9 Å². The maximum atomic E-state index is 13.6. The number of carbonyl (C=O) groups is 3. The molecule has 3 amide bonds. The molecule has 2 atom stereocenters. The number of likely N-dealkylation sites (tertiary alicyclic amines) is 1. The van der Waals surface area contributed by atoms with Crippen LogP contribution in [0.15, 0.2) is 97.1 Å². The highest BCUT2D eigenvalue weighted by molar-refractivity contribution is 5.97. The molecule has 4 aromatic rings. The van der Waals surface area contributed by atoms with Gasteiger partial charge in [0.1, 0.15) is 11.7 Å². The number of nitrogens with zero attached hydrogens (tertiary/aromatic N) is 2. The highest BCUT2D eigenvalue weighted by atomic mass is 16.6. The maximum absolute atomic E-state index is 13.6. The van der Waals surface area contributed by atoms with Gasteiger partial charge in [-0.25, -0.2) is 4.79 Å². The summed E-state index contributed by atoms with van der Waals surface area (Å²) in [4.78, 5) is 52.4. The van der Waals surface area contributed by atoms with E-state index in [0.717, 1.165) is 21.9 Å². The average Bonchev–Trinajstić information content (AvgIpc) is 3.52. The summed E-state index contributed by atoms with van der Waals surface area (Å²) in [6, 6.07) is 27.2. The van der Waals surface area contributed by atoms with Crippen LogP contribution in [-0.2, 0) is 22.6 Å². The Labute approximate surface area is 249 Å². The Morgan fingerprint density at radius 3 is 2.40 bits per heavy atom. The second-order valence-corrected chi connectivity index (χ2v) is 10.6. The molecule has 3 N–H and O–H groups in total. The Morgan fingerprint density at radius 2 is 1.60 bits per heavy atom. The number of fused-ring (bicyclic) bond motifs is 1. The number of hydrogen-bond acceptors (Lipinski definition) is 6. The molecule has 0 aliphatic carbocycles. The fourth-order valence-electron chi connectivity index (χ4n) is 5.37. The van der Waals surface area contributed by atoms with Crippen LogP contribution in [0.5, 0.6) is 0 Å². The second kappa shape index (κ2) is 13.7. The molecule has 0 spiro atoms. The van der Waals surface area contributed by atoms with Crippen molar-refractivity contribution in [3.8, 4) is 0 Å². The lowest BCUT2D eigenvalue weighted by Gasteiger charge is -2.26. The molecule has 1 aliphatic heterocycles. The predicted molar refractivity (Wildman–Crippen MR) is 165 cm³/mol. The summed E-state index contributed by atoms with van der Waals surface area (Å²) in [5.74, 6) is -0.608. The number of carbonyl (C=O) groups excluding carboxylic acids is 3. The van der Waals surface area contributed by atoms with Gasteiger partial charge in [0, 0.05) is 19.2 Å². The van der Waals surface area contributed by atoms with Crippen LogP contribution in [0, 0.1) is 10.1 Å². The average molecular weight is 580 g/mol. The number of anilines is 1. The van der Waals surface area contributed by atoms with Crippen molar-refractivity contribution >= 4 is 39.9 Å². The molecule has 1 aliphatic rings. The third-order valence-electron chi connectivity index (χ3n) is 7.59. The first-order valence-corrected chi connectivity index (χ1v) is 14.3. The Bertz CT molecular complexity index is 1630. The minimum Gasteiger partial charge on any atom is -0.344 e. The number of hydrogen-bond donors (Lipinski definition) is 3. The topological polar surface area (TPSA) is 134 Å². The lowest BCUT2D eigenvalue weighted by atomic mass is 9.98. The van der Waals surface area contributed by atoms with E-state index in [0.29, 0.717) is 25.9 Å². The number of ketones is 1. The highest BCUT2D eigenvalue weighted by Gasteiger charge is 2.36. The molecule has 4 aromatic carbocycles. The van der Waals surface area contributed by atoms with Crippen molar-refractivity contribution in [3.63, 3.8) is 0 Å². The van der Waals surface area contributed by atoms with Gasteiger partial charge < -0.3 is 20.9 Å². The summed E-state index contributed by atoms with van der Waals surface area (Å²) >= 11 is 0. The maximum Gasteiger partial charge on any atom is 0.322 e. The molecule has 0 radical (unpaired) electrons. The number of benzene rings is 4. The van der Waals surface area contributed by atoms with E-state index in [1.807, 2.05) is 72.8 Å². The molecule has 1 heterocycles. The number of urea groups is 1. The SMILES string of the molecule is O=C(CNCc1ccccc1)[C@H](Cc1ccc2ccccc2c1)NC(=O)[C@@H]1CCCN1C(=O)Nc1ccccc1[N+](=O)[O-]. The summed E-state index contributed by atoms with van der Waals surface area (Å²) < 4.78 is 0. The van der Waals surface area contributed by atoms with Crippen molar-refractivity contribution in [1.29, 1.82) is 0 Å². The summed E-state index contributed by atoms with van der Waals surface area (Å²) in [5, 5.41) is 22.2. The van der Waals surface area contributed by atoms with Crippen LogP contribution in [0.1, 0.15) is 24.0 Å². The monoisotopic (exact) mass is 579 g/mol. The Morgan fingerprint density at radius 1 is 0.884 bits per heavy atom. The summed E-state index contributed by atoms with van der Waals surface area (Å²) in [5.41, 5.74) is 1.76. The number of Topliss-reactive ketones (excluding diaryl/α,β-unsaturated/α-hetero) is 1. The van der Waals surface area contributed by atoms with Crippen molar-refractivity contribution in [2.45, 2.75) is 37.9 Å². The molecular formula is C33H33N5O5. The van der Waals surface area contributed by atoms with Crippen molar-refractivity contribution in [2.75, 3.05) is 18.4 Å². The molecule has 0 unspecified atom stereocenters. The van der Waals surface area contributed by atoms with Crippen LogP contribution in [-0.4, -0.2) is 52.7 Å². The number of para-hydroxylation sites is 2. The number of nitrogens with one attached hydrogen (secondary N) is 3. The quantitative estimate of drug-likeness (QED) is 0.172. The number of rotatable bonds is 11. The molecule has 10 nitrogen and oxygen atoms in total. The molecule has 0 saturated carbocycles. The molecule has 1 fully saturated rings. The van der Waals surface area contributed by atoms with E-state index in [2.05, 4.69) is 16.0 Å². The minimum absolute atomic E-state index is 0.0532. The van der Waals surface area contributed by atoms with Crippen molar-refractivity contribution in [2.24, 2.45) is 0 Å². The molecule has 0 bridgehead atoms. The van der Waals surface area contributed by atoms with Crippen molar-refractivity contribution in [1.82, 2.24) is 15.5 Å². The normalized spacial score (nSPS) is 15.2. The van der Waals surface area contributed by atoms with E-state index in [-0.39, 0.29) is 30.1 Å². The first-order valence-electron chi connectivity index (χ1n) is 14.3. The number of nitro groups is 1. The van der Waals surface area contributed by atoms with Crippen LogP contribution < -0.4 is 16.0 Å². The zero-order valence-electron chi connectivity index (χ0n) is 23.6. The molecular weight excluding hydrogens is 546 g/mol. The Kier molecular flexibility index (Phi) is 9.38. The summed E-state index contributed by atoms with van der Waals surface area (Å²) in [7, 11) is 0. The zero-order chi connectivity index (χ0) is 30.2. The first kappa shape index (κ1) is 29.4. The van der Waals surface area contributed by atoms with Crippen LogP contribution in [0.25, 0.3) is 10.8 Å².